The zero-order valence-electron chi connectivity index (χ0n) is 14.4. The molecule has 1 fully saturated rings. The molecule has 2 amide bonds. The number of fused-ring (bicyclic) bond motifs is 1. The molecule has 0 aliphatic carbocycles. The topological polar surface area (TPSA) is 60.0 Å². The quantitative estimate of drug-likeness (QED) is 0.873. The molecule has 0 bridgehead atoms. The molecule has 4 rings (SSSR count). The highest BCUT2D eigenvalue weighted by Gasteiger charge is 2.26. The van der Waals surface area contributed by atoms with E-state index >= 15 is 0 Å². The minimum atomic E-state index is -0.936. The molecule has 2 aromatic rings. The van der Waals surface area contributed by atoms with Crippen molar-refractivity contribution in [3.05, 3.63) is 53.6 Å². The maximum atomic E-state index is 13.5. The zero-order valence-corrected chi connectivity index (χ0v) is 14.4. The van der Waals surface area contributed by atoms with Crippen LogP contribution >= 0.6 is 0 Å². The van der Waals surface area contributed by atoms with Crippen molar-refractivity contribution >= 4 is 11.7 Å². The number of carbonyl (C=O) groups excluding carboxylic acids is 1. The first-order valence-corrected chi connectivity index (χ1v) is 8.62. The van der Waals surface area contributed by atoms with Gasteiger partial charge in [-0.2, -0.15) is 0 Å². The molecule has 142 valence electrons. The van der Waals surface area contributed by atoms with Crippen LogP contribution < -0.4 is 14.8 Å². The van der Waals surface area contributed by atoms with E-state index in [1.165, 1.54) is 6.07 Å². The van der Waals surface area contributed by atoms with Gasteiger partial charge in [0.05, 0.1) is 13.2 Å². The van der Waals surface area contributed by atoms with E-state index in [2.05, 4.69) is 5.32 Å². The SMILES string of the molecule is O=C(Nc1ccc2c(c1)OCCO2)N1CCOC(c2ccc(F)c(F)c2)C1. The molecule has 2 heterocycles. The second kappa shape index (κ2) is 7.40. The fourth-order valence-corrected chi connectivity index (χ4v) is 3.07. The number of anilines is 1. The van der Waals surface area contributed by atoms with Gasteiger partial charge in [0.2, 0.25) is 0 Å². The molecule has 0 spiro atoms. The van der Waals surface area contributed by atoms with Crippen molar-refractivity contribution in [3.8, 4) is 11.5 Å². The molecule has 1 N–H and O–H groups in total. The Kier molecular flexibility index (Phi) is 4.81. The zero-order chi connectivity index (χ0) is 18.8. The molecular weight excluding hydrogens is 358 g/mol. The maximum absolute atomic E-state index is 13.5. The van der Waals surface area contributed by atoms with Gasteiger partial charge in [0.15, 0.2) is 23.1 Å². The van der Waals surface area contributed by atoms with Gasteiger partial charge >= 0.3 is 6.03 Å². The summed E-state index contributed by atoms with van der Waals surface area (Å²) >= 11 is 0. The van der Waals surface area contributed by atoms with Crippen LogP contribution in [0.1, 0.15) is 11.7 Å². The highest BCUT2D eigenvalue weighted by molar-refractivity contribution is 5.89. The number of carbonyl (C=O) groups is 1. The van der Waals surface area contributed by atoms with Gasteiger partial charge in [-0.15, -0.1) is 0 Å². The fraction of sp³-hybridized carbons (Fsp3) is 0.316. The smallest absolute Gasteiger partial charge is 0.322 e. The molecule has 6 nitrogen and oxygen atoms in total. The Balaban J connectivity index is 1.43. The third-order valence-electron chi connectivity index (χ3n) is 4.46. The molecule has 0 aromatic heterocycles. The first-order chi connectivity index (χ1) is 13.1. The summed E-state index contributed by atoms with van der Waals surface area (Å²) in [5.41, 5.74) is 1.07. The summed E-state index contributed by atoms with van der Waals surface area (Å²) in [4.78, 5) is 14.2. The summed E-state index contributed by atoms with van der Waals surface area (Å²) in [5.74, 6) is -0.624. The predicted octanol–water partition coefficient (Wildman–Crippen LogP) is 3.34. The van der Waals surface area contributed by atoms with Crippen LogP contribution in [0.2, 0.25) is 0 Å². The first-order valence-electron chi connectivity index (χ1n) is 8.62. The monoisotopic (exact) mass is 376 g/mol. The van der Waals surface area contributed by atoms with E-state index in [0.29, 0.717) is 49.1 Å². The number of nitrogens with zero attached hydrogens (tertiary/aromatic N) is 1. The Labute approximate surface area is 154 Å². The number of morpholine rings is 1. The Bertz CT molecular complexity index is 862. The maximum Gasteiger partial charge on any atom is 0.322 e. The predicted molar refractivity (Wildman–Crippen MR) is 93.1 cm³/mol. The van der Waals surface area contributed by atoms with Crippen LogP contribution in [-0.4, -0.2) is 43.8 Å². The lowest BCUT2D eigenvalue weighted by molar-refractivity contribution is -0.0136. The Morgan fingerprint density at radius 3 is 2.63 bits per heavy atom. The Morgan fingerprint density at radius 1 is 1.00 bits per heavy atom. The molecule has 2 aliphatic heterocycles. The van der Waals surface area contributed by atoms with Crippen LogP contribution in [0, 0.1) is 11.6 Å². The molecule has 0 radical (unpaired) electrons. The van der Waals surface area contributed by atoms with Crippen molar-refractivity contribution in [1.82, 2.24) is 4.90 Å². The molecule has 27 heavy (non-hydrogen) atoms. The molecule has 2 aromatic carbocycles. The van der Waals surface area contributed by atoms with Gasteiger partial charge in [-0.1, -0.05) is 6.07 Å². The van der Waals surface area contributed by atoms with Crippen molar-refractivity contribution < 1.29 is 27.8 Å². The molecule has 2 aliphatic rings. The first kappa shape index (κ1) is 17.5. The van der Waals surface area contributed by atoms with E-state index in [0.717, 1.165) is 12.1 Å². The van der Waals surface area contributed by atoms with E-state index < -0.39 is 17.7 Å². The van der Waals surface area contributed by atoms with Gasteiger partial charge in [0, 0.05) is 18.3 Å². The molecule has 1 saturated heterocycles. The Morgan fingerprint density at radius 2 is 1.81 bits per heavy atom. The molecule has 8 heteroatoms. The lowest BCUT2D eigenvalue weighted by Crippen LogP contribution is -2.44. The van der Waals surface area contributed by atoms with Crippen LogP contribution in [0.25, 0.3) is 0 Å². The van der Waals surface area contributed by atoms with Crippen molar-refractivity contribution in [2.45, 2.75) is 6.10 Å². The normalized spacial score (nSPS) is 18.9. The molecule has 1 atom stereocenters. The summed E-state index contributed by atoms with van der Waals surface area (Å²) in [7, 11) is 0. The van der Waals surface area contributed by atoms with Crippen molar-refractivity contribution in [2.75, 3.05) is 38.2 Å². The van der Waals surface area contributed by atoms with Gasteiger partial charge in [-0.25, -0.2) is 13.6 Å². The largest absolute Gasteiger partial charge is 0.486 e. The average molecular weight is 376 g/mol. The van der Waals surface area contributed by atoms with E-state index in [1.807, 2.05) is 0 Å². The number of hydrogen-bond acceptors (Lipinski definition) is 4. The second-order valence-corrected chi connectivity index (χ2v) is 6.27. The highest BCUT2D eigenvalue weighted by Crippen LogP contribution is 2.33. The summed E-state index contributed by atoms with van der Waals surface area (Å²) in [6, 6.07) is 8.50. The van der Waals surface area contributed by atoms with Crippen LogP contribution in [0.3, 0.4) is 0 Å². The number of rotatable bonds is 2. The fourth-order valence-electron chi connectivity index (χ4n) is 3.07. The average Bonchev–Trinajstić information content (AvgIpc) is 2.70. The van der Waals surface area contributed by atoms with Gasteiger partial charge in [0.1, 0.15) is 19.3 Å². The lowest BCUT2D eigenvalue weighted by Gasteiger charge is -2.33. The third-order valence-corrected chi connectivity index (χ3v) is 4.46. The van der Waals surface area contributed by atoms with Crippen LogP contribution in [0.4, 0.5) is 19.3 Å². The number of nitrogens with one attached hydrogen (secondary N) is 1. The minimum Gasteiger partial charge on any atom is -0.486 e. The van der Waals surface area contributed by atoms with E-state index in [-0.39, 0.29) is 12.6 Å². The molecule has 1 unspecified atom stereocenters. The van der Waals surface area contributed by atoms with Crippen molar-refractivity contribution in [2.24, 2.45) is 0 Å². The number of benzene rings is 2. The number of halogens is 2. The van der Waals surface area contributed by atoms with Gasteiger partial charge < -0.3 is 24.4 Å². The number of hydrogen-bond donors (Lipinski definition) is 1. The number of urea groups is 1. The van der Waals surface area contributed by atoms with Crippen LogP contribution in [0.15, 0.2) is 36.4 Å². The third kappa shape index (κ3) is 3.80. The van der Waals surface area contributed by atoms with E-state index in [4.69, 9.17) is 14.2 Å². The van der Waals surface area contributed by atoms with Crippen LogP contribution in [-0.2, 0) is 4.74 Å². The number of ether oxygens (including phenoxy) is 3. The summed E-state index contributed by atoms with van der Waals surface area (Å²) < 4.78 is 43.2. The minimum absolute atomic E-state index is 0.238. The summed E-state index contributed by atoms with van der Waals surface area (Å²) in [6.45, 7) is 1.90. The number of amides is 2. The Hall–Kier alpha value is -2.87. The van der Waals surface area contributed by atoms with Crippen molar-refractivity contribution in [1.29, 1.82) is 0 Å². The molecule has 0 saturated carbocycles. The van der Waals surface area contributed by atoms with Gasteiger partial charge in [0.25, 0.3) is 0 Å². The van der Waals surface area contributed by atoms with Crippen molar-refractivity contribution in [3.63, 3.8) is 0 Å². The second-order valence-electron chi connectivity index (χ2n) is 6.27. The van der Waals surface area contributed by atoms with E-state index in [9.17, 15) is 13.6 Å². The molecular formula is C19H18F2N2O4. The summed E-state index contributed by atoms with van der Waals surface area (Å²) in [5, 5.41) is 2.82. The standard InChI is InChI=1S/C19H18F2N2O4/c20-14-3-1-12(9-15(14)21)18-11-23(5-6-25-18)19(24)22-13-2-4-16-17(10-13)27-8-7-26-16/h1-4,9-10,18H,5-8,11H2,(H,22,24). The van der Waals surface area contributed by atoms with E-state index in [1.54, 1.807) is 23.1 Å². The highest BCUT2D eigenvalue weighted by atomic mass is 19.2. The van der Waals surface area contributed by atoms with Crippen LogP contribution in [0.5, 0.6) is 11.5 Å². The summed E-state index contributed by atoms with van der Waals surface area (Å²) in [6.07, 6.45) is -0.514. The lowest BCUT2D eigenvalue weighted by atomic mass is 10.1. The van der Waals surface area contributed by atoms with Gasteiger partial charge in [-0.05, 0) is 29.8 Å². The van der Waals surface area contributed by atoms with Gasteiger partial charge in [-0.3, -0.25) is 0 Å².